The highest BCUT2D eigenvalue weighted by molar-refractivity contribution is 8.23. The lowest BCUT2D eigenvalue weighted by Crippen LogP contribution is -2.33. The van der Waals surface area contributed by atoms with Gasteiger partial charge in [-0.15, -0.1) is 4.40 Å². The van der Waals surface area contributed by atoms with Crippen LogP contribution in [0.15, 0.2) is 49.7 Å². The van der Waals surface area contributed by atoms with Crippen LogP contribution in [0.1, 0.15) is 32.3 Å². The molecule has 0 fully saturated rings. The van der Waals surface area contributed by atoms with E-state index in [0.29, 0.717) is 28.4 Å². The summed E-state index contributed by atoms with van der Waals surface area (Å²) in [7, 11) is -3.55. The minimum Gasteiger partial charge on any atom is -0.506 e. The van der Waals surface area contributed by atoms with Crippen molar-refractivity contribution in [3.8, 4) is 5.75 Å². The monoisotopic (exact) mass is 475 g/mol. The summed E-state index contributed by atoms with van der Waals surface area (Å²) >= 11 is 1.34. The highest BCUT2D eigenvalue weighted by atomic mass is 32.3. The van der Waals surface area contributed by atoms with Gasteiger partial charge in [-0.3, -0.25) is 18.5 Å². The number of anilines is 1. The molecule has 4 N–H and O–H groups in total. The van der Waals surface area contributed by atoms with Crippen molar-refractivity contribution in [2.24, 2.45) is 10.3 Å². The molecule has 1 aromatic carbocycles. The third-order valence-electron chi connectivity index (χ3n) is 5.62. The van der Waals surface area contributed by atoms with Gasteiger partial charge in [-0.1, -0.05) is 61.4 Å². The number of pyridine rings is 1. The van der Waals surface area contributed by atoms with Crippen molar-refractivity contribution in [3.63, 3.8) is 0 Å². The van der Waals surface area contributed by atoms with E-state index in [1.165, 1.54) is 22.5 Å². The number of fused-ring (bicyclic) bond motifs is 2. The fraction of sp³-hybridized carbons (Fsp3) is 0.333. The molecule has 3 heterocycles. The predicted molar refractivity (Wildman–Crippen MR) is 129 cm³/mol. The number of hydrogen-bond acceptors (Lipinski definition) is 9. The van der Waals surface area contributed by atoms with Gasteiger partial charge in [0, 0.05) is 12.7 Å². The van der Waals surface area contributed by atoms with Crippen molar-refractivity contribution < 1.29 is 14.2 Å². The molecule has 0 saturated carbocycles. The Morgan fingerprint density at radius 1 is 1.22 bits per heavy atom. The third kappa shape index (κ3) is 3.85. The van der Waals surface area contributed by atoms with Crippen molar-refractivity contribution in [1.29, 1.82) is 0 Å². The number of aromatic nitrogens is 3. The number of aromatic hydroxyl groups is 1. The number of benzene rings is 1. The second kappa shape index (κ2) is 8.74. The van der Waals surface area contributed by atoms with E-state index < -0.39 is 16.3 Å². The van der Waals surface area contributed by atoms with Gasteiger partial charge in [0.05, 0.1) is 11.1 Å². The topological polar surface area (TPSA) is 133 Å². The summed E-state index contributed by atoms with van der Waals surface area (Å²) in [5.41, 5.74) is 0.106. The average molecular weight is 476 g/mol. The van der Waals surface area contributed by atoms with E-state index in [9.17, 15) is 19.0 Å². The predicted octanol–water partition coefficient (Wildman–Crippen LogP) is 4.55. The summed E-state index contributed by atoms with van der Waals surface area (Å²) in [4.78, 5) is 22.6. The van der Waals surface area contributed by atoms with Gasteiger partial charge in [0.2, 0.25) is 0 Å². The molecule has 4 rings (SSSR count). The Hall–Kier alpha value is -2.60. The summed E-state index contributed by atoms with van der Waals surface area (Å²) in [6.07, 6.45) is 5.05. The molecule has 0 saturated heterocycles. The molecule has 0 amide bonds. The van der Waals surface area contributed by atoms with Crippen molar-refractivity contribution in [1.82, 2.24) is 14.5 Å². The first kappa shape index (κ1) is 22.6. The van der Waals surface area contributed by atoms with Crippen LogP contribution in [-0.4, -0.2) is 40.8 Å². The van der Waals surface area contributed by atoms with Crippen molar-refractivity contribution in [2.75, 3.05) is 11.6 Å². The second-order valence-corrected chi connectivity index (χ2v) is 9.93. The minimum atomic E-state index is -3.55. The molecule has 3 aromatic rings. The molecule has 0 unspecified atom stereocenters. The van der Waals surface area contributed by atoms with Gasteiger partial charge < -0.3 is 10.4 Å². The molecular weight excluding hydrogens is 450 g/mol. The van der Waals surface area contributed by atoms with Crippen LogP contribution >= 0.6 is 22.5 Å². The summed E-state index contributed by atoms with van der Waals surface area (Å²) in [6, 6.07) is 6.62. The number of nitrogens with one attached hydrogen (secondary N) is 1. The number of thioether (sulfide) groups is 1. The van der Waals surface area contributed by atoms with Gasteiger partial charge in [0.1, 0.15) is 16.2 Å². The fourth-order valence-corrected chi connectivity index (χ4v) is 5.23. The molecule has 1 aliphatic heterocycles. The summed E-state index contributed by atoms with van der Waals surface area (Å²) < 4.78 is 26.8. The fourth-order valence-electron chi connectivity index (χ4n) is 3.73. The molecule has 0 aliphatic carbocycles. The highest BCUT2D eigenvalue weighted by Crippen LogP contribution is 2.55. The summed E-state index contributed by atoms with van der Waals surface area (Å²) in [5, 5.41) is 14.8. The molecule has 0 bridgehead atoms. The second-order valence-electron chi connectivity index (χ2n) is 7.50. The Labute approximate surface area is 191 Å². The maximum atomic E-state index is 13.7. The van der Waals surface area contributed by atoms with Crippen LogP contribution in [-0.2, 0) is 6.54 Å². The van der Waals surface area contributed by atoms with Gasteiger partial charge in [-0.05, 0) is 24.3 Å². The van der Waals surface area contributed by atoms with Crippen molar-refractivity contribution >= 4 is 45.1 Å². The number of para-hydroxylation sites is 1. The van der Waals surface area contributed by atoms with Gasteiger partial charge in [-0.25, -0.2) is 9.97 Å². The normalized spacial score (nSPS) is 15.9. The SMILES string of the molecule is CCC(CC)Cn1c(=O)c(C2=NS(O)(O)c3ccccc3N2)c(O)c2cnc(SC)nc21. The first-order chi connectivity index (χ1) is 15.3. The summed E-state index contributed by atoms with van der Waals surface area (Å²) in [6.45, 7) is 4.52. The van der Waals surface area contributed by atoms with Gasteiger partial charge in [-0.2, -0.15) is 0 Å². The Morgan fingerprint density at radius 2 is 1.94 bits per heavy atom. The summed E-state index contributed by atoms with van der Waals surface area (Å²) in [5.74, 6) is -0.219. The highest BCUT2D eigenvalue weighted by Gasteiger charge is 2.30. The maximum Gasteiger partial charge on any atom is 0.267 e. The molecule has 170 valence electrons. The molecular formula is C21H25N5O4S2. The number of rotatable bonds is 6. The van der Waals surface area contributed by atoms with Crippen LogP contribution in [0.4, 0.5) is 5.69 Å². The molecule has 9 nitrogen and oxygen atoms in total. The van der Waals surface area contributed by atoms with E-state index in [1.807, 2.05) is 6.26 Å². The van der Waals surface area contributed by atoms with E-state index in [-0.39, 0.29) is 28.0 Å². The lowest BCUT2D eigenvalue weighted by Gasteiger charge is -2.34. The molecule has 11 heteroatoms. The van der Waals surface area contributed by atoms with Gasteiger partial charge >= 0.3 is 0 Å². The first-order valence-corrected chi connectivity index (χ1v) is 12.9. The molecule has 0 radical (unpaired) electrons. The Balaban J connectivity index is 1.99. The van der Waals surface area contributed by atoms with Crippen molar-refractivity contribution in [3.05, 3.63) is 46.4 Å². The van der Waals surface area contributed by atoms with E-state index in [0.717, 1.165) is 12.8 Å². The molecule has 1 aliphatic rings. The smallest absolute Gasteiger partial charge is 0.267 e. The Kier molecular flexibility index (Phi) is 6.17. The standard InChI is InChI=1S/C21H25N5O4S2/c1-4-12(5-2)11-26-19-13(10-22-21(24-19)31-3)17(27)16(20(26)28)18-23-14-8-6-7-9-15(14)32(29,30)25-18/h6-10,12,27,29-30H,4-5,11H2,1-3H3,(H,23,25). The van der Waals surface area contributed by atoms with Gasteiger partial charge in [0.15, 0.2) is 16.6 Å². The first-order valence-electron chi connectivity index (χ1n) is 10.2. The maximum absolute atomic E-state index is 13.7. The van der Waals surface area contributed by atoms with E-state index >= 15 is 0 Å². The van der Waals surface area contributed by atoms with Crippen molar-refractivity contribution in [2.45, 2.75) is 43.3 Å². The zero-order valence-corrected chi connectivity index (χ0v) is 19.6. The zero-order chi connectivity index (χ0) is 23.0. The van der Waals surface area contributed by atoms with Crippen LogP contribution < -0.4 is 10.9 Å². The molecule has 0 spiro atoms. The average Bonchev–Trinajstić information content (AvgIpc) is 2.78. The Morgan fingerprint density at radius 3 is 2.62 bits per heavy atom. The minimum absolute atomic E-state index is 0.0969. The lowest BCUT2D eigenvalue weighted by molar-refractivity contribution is 0.414. The van der Waals surface area contributed by atoms with E-state index in [2.05, 4.69) is 33.5 Å². The molecule has 2 aromatic heterocycles. The van der Waals surface area contributed by atoms with Gasteiger partial charge in [0.25, 0.3) is 5.56 Å². The van der Waals surface area contributed by atoms with Crippen LogP contribution in [0.5, 0.6) is 5.75 Å². The number of amidine groups is 1. The number of nitrogens with zero attached hydrogens (tertiary/aromatic N) is 4. The van der Waals surface area contributed by atoms with E-state index in [1.54, 1.807) is 24.3 Å². The third-order valence-corrected chi connectivity index (χ3v) is 7.57. The quantitative estimate of drug-likeness (QED) is 0.301. The van der Waals surface area contributed by atoms with Crippen LogP contribution in [0.2, 0.25) is 0 Å². The molecule has 0 atom stereocenters. The largest absolute Gasteiger partial charge is 0.506 e. The van der Waals surface area contributed by atoms with E-state index in [4.69, 9.17) is 0 Å². The lowest BCUT2D eigenvalue weighted by atomic mass is 10.0. The zero-order valence-electron chi connectivity index (χ0n) is 17.9. The Bertz CT molecular complexity index is 1270. The van der Waals surface area contributed by atoms with Crippen LogP contribution in [0.25, 0.3) is 11.0 Å². The van der Waals surface area contributed by atoms with Crippen LogP contribution in [0, 0.1) is 5.92 Å². The number of hydrogen-bond donors (Lipinski definition) is 4. The molecule has 32 heavy (non-hydrogen) atoms. The van der Waals surface area contributed by atoms with Crippen LogP contribution in [0.3, 0.4) is 0 Å².